The van der Waals surface area contributed by atoms with E-state index in [0.29, 0.717) is 36.0 Å². The van der Waals surface area contributed by atoms with E-state index in [1.807, 2.05) is 0 Å². The molecule has 0 amide bonds. The molecule has 0 spiro atoms. The van der Waals surface area contributed by atoms with Crippen molar-refractivity contribution >= 4 is 5.69 Å². The predicted octanol–water partition coefficient (Wildman–Crippen LogP) is 1.44. The van der Waals surface area contributed by atoms with Gasteiger partial charge < -0.3 is 25.1 Å². The monoisotopic (exact) mass is 241 g/mol. The van der Waals surface area contributed by atoms with E-state index in [1.165, 1.54) is 7.11 Å². The van der Waals surface area contributed by atoms with Gasteiger partial charge in [0.1, 0.15) is 5.75 Å². The standard InChI is InChI=1S/C12H19NO4/c1-8(14)4-5-17-12-10(13)6-9(15-2)7-11(12)16-3/h6-8,14H,4-5,13H2,1-3H3. The SMILES string of the molecule is COc1cc(N)c(OCCC(C)O)c(OC)c1. The molecule has 5 nitrogen and oxygen atoms in total. The molecule has 0 saturated carbocycles. The van der Waals surface area contributed by atoms with Crippen LogP contribution in [0.3, 0.4) is 0 Å². The predicted molar refractivity (Wildman–Crippen MR) is 65.8 cm³/mol. The van der Waals surface area contributed by atoms with Crippen molar-refractivity contribution in [3.63, 3.8) is 0 Å². The molecule has 0 aliphatic heterocycles. The normalized spacial score (nSPS) is 12.0. The second-order valence-electron chi connectivity index (χ2n) is 3.73. The molecule has 1 aromatic rings. The lowest BCUT2D eigenvalue weighted by atomic mass is 10.2. The van der Waals surface area contributed by atoms with Crippen LogP contribution < -0.4 is 19.9 Å². The Morgan fingerprint density at radius 1 is 1.29 bits per heavy atom. The number of hydrogen-bond acceptors (Lipinski definition) is 5. The summed E-state index contributed by atoms with van der Waals surface area (Å²) in [5.74, 6) is 1.61. The zero-order chi connectivity index (χ0) is 12.8. The van der Waals surface area contributed by atoms with Gasteiger partial charge in [0.15, 0.2) is 11.5 Å². The minimum absolute atomic E-state index is 0.380. The number of benzene rings is 1. The van der Waals surface area contributed by atoms with Crippen LogP contribution >= 0.6 is 0 Å². The molecule has 0 saturated heterocycles. The van der Waals surface area contributed by atoms with Gasteiger partial charge in [-0.1, -0.05) is 0 Å². The van der Waals surface area contributed by atoms with Gasteiger partial charge in [0.2, 0.25) is 0 Å². The molecule has 0 aromatic heterocycles. The van der Waals surface area contributed by atoms with Gasteiger partial charge in [-0.3, -0.25) is 0 Å². The summed E-state index contributed by atoms with van der Waals surface area (Å²) in [6.07, 6.45) is 0.134. The third-order valence-corrected chi connectivity index (χ3v) is 2.29. The van der Waals surface area contributed by atoms with E-state index >= 15 is 0 Å². The maximum absolute atomic E-state index is 9.15. The molecule has 1 rings (SSSR count). The summed E-state index contributed by atoms with van der Waals surface area (Å²) in [4.78, 5) is 0. The molecule has 1 aromatic carbocycles. The molecular weight excluding hydrogens is 222 g/mol. The molecule has 17 heavy (non-hydrogen) atoms. The second-order valence-corrected chi connectivity index (χ2v) is 3.73. The van der Waals surface area contributed by atoms with Crippen LogP contribution in [0.15, 0.2) is 12.1 Å². The molecule has 3 N–H and O–H groups in total. The summed E-state index contributed by atoms with van der Waals surface area (Å²) in [6.45, 7) is 2.09. The molecule has 0 aliphatic carbocycles. The number of hydrogen-bond donors (Lipinski definition) is 2. The molecule has 1 unspecified atom stereocenters. The van der Waals surface area contributed by atoms with Gasteiger partial charge >= 0.3 is 0 Å². The smallest absolute Gasteiger partial charge is 0.184 e. The quantitative estimate of drug-likeness (QED) is 0.737. The molecule has 0 fully saturated rings. The van der Waals surface area contributed by atoms with Crippen molar-refractivity contribution in [2.75, 3.05) is 26.6 Å². The first-order valence-corrected chi connectivity index (χ1v) is 5.40. The molecule has 0 bridgehead atoms. The van der Waals surface area contributed by atoms with E-state index in [4.69, 9.17) is 25.1 Å². The molecule has 1 atom stereocenters. The number of methoxy groups -OCH3 is 2. The zero-order valence-electron chi connectivity index (χ0n) is 10.4. The Morgan fingerprint density at radius 2 is 2.00 bits per heavy atom. The van der Waals surface area contributed by atoms with Crippen molar-refractivity contribution in [2.45, 2.75) is 19.4 Å². The summed E-state index contributed by atoms with van der Waals surface area (Å²) >= 11 is 0. The van der Waals surface area contributed by atoms with Gasteiger partial charge in [0.05, 0.1) is 32.6 Å². The Hall–Kier alpha value is -1.62. The Kier molecular flexibility index (Phi) is 4.90. The highest BCUT2D eigenvalue weighted by atomic mass is 16.5. The fourth-order valence-electron chi connectivity index (χ4n) is 1.35. The van der Waals surface area contributed by atoms with Gasteiger partial charge in [0.25, 0.3) is 0 Å². The van der Waals surface area contributed by atoms with Crippen molar-refractivity contribution in [1.82, 2.24) is 0 Å². The minimum atomic E-state index is -0.402. The first kappa shape index (κ1) is 13.4. The molecular formula is C12H19NO4. The number of nitrogen functional groups attached to an aromatic ring is 1. The molecule has 5 heteroatoms. The number of anilines is 1. The Labute approximate surface area is 101 Å². The van der Waals surface area contributed by atoms with E-state index in [9.17, 15) is 0 Å². The topological polar surface area (TPSA) is 73.9 Å². The van der Waals surface area contributed by atoms with Crippen molar-refractivity contribution in [2.24, 2.45) is 0 Å². The average Bonchev–Trinajstić information content (AvgIpc) is 2.30. The highest BCUT2D eigenvalue weighted by molar-refractivity contribution is 5.63. The van der Waals surface area contributed by atoms with Crippen LogP contribution in [-0.2, 0) is 0 Å². The van der Waals surface area contributed by atoms with Crippen molar-refractivity contribution in [3.05, 3.63) is 12.1 Å². The summed E-state index contributed by atoms with van der Waals surface area (Å²) in [6, 6.07) is 3.37. The first-order valence-electron chi connectivity index (χ1n) is 5.40. The third-order valence-electron chi connectivity index (χ3n) is 2.29. The summed E-state index contributed by atoms with van der Waals surface area (Å²) in [5, 5.41) is 9.15. The van der Waals surface area contributed by atoms with E-state index < -0.39 is 6.10 Å². The minimum Gasteiger partial charge on any atom is -0.497 e. The highest BCUT2D eigenvalue weighted by Gasteiger charge is 2.11. The molecule has 0 radical (unpaired) electrons. The zero-order valence-corrected chi connectivity index (χ0v) is 10.4. The molecule has 0 aliphatic rings. The van der Waals surface area contributed by atoms with Crippen LogP contribution in [0.25, 0.3) is 0 Å². The van der Waals surface area contributed by atoms with Gasteiger partial charge in [-0.25, -0.2) is 0 Å². The number of aliphatic hydroxyl groups excluding tert-OH is 1. The Morgan fingerprint density at radius 3 is 2.53 bits per heavy atom. The first-order chi connectivity index (χ1) is 8.08. The van der Waals surface area contributed by atoms with Crippen LogP contribution in [-0.4, -0.2) is 32.0 Å². The van der Waals surface area contributed by atoms with Crippen LogP contribution in [0.2, 0.25) is 0 Å². The lowest BCUT2D eigenvalue weighted by molar-refractivity contribution is 0.154. The average molecular weight is 241 g/mol. The van der Waals surface area contributed by atoms with Gasteiger partial charge in [-0.2, -0.15) is 0 Å². The maximum Gasteiger partial charge on any atom is 0.184 e. The number of aliphatic hydroxyl groups is 1. The van der Waals surface area contributed by atoms with Gasteiger partial charge in [-0.05, 0) is 6.92 Å². The summed E-state index contributed by atoms with van der Waals surface area (Å²) in [7, 11) is 3.10. The summed E-state index contributed by atoms with van der Waals surface area (Å²) < 4.78 is 15.8. The molecule has 0 heterocycles. The van der Waals surface area contributed by atoms with Crippen LogP contribution in [0.1, 0.15) is 13.3 Å². The Bertz CT molecular complexity index is 366. The van der Waals surface area contributed by atoms with E-state index in [0.717, 1.165) is 0 Å². The third kappa shape index (κ3) is 3.71. The second kappa shape index (κ2) is 6.20. The van der Waals surface area contributed by atoms with Crippen LogP contribution in [0, 0.1) is 0 Å². The summed E-state index contributed by atoms with van der Waals surface area (Å²) in [5.41, 5.74) is 6.29. The lowest BCUT2D eigenvalue weighted by Gasteiger charge is -2.14. The van der Waals surface area contributed by atoms with Crippen LogP contribution in [0.4, 0.5) is 5.69 Å². The van der Waals surface area contributed by atoms with Gasteiger partial charge in [-0.15, -0.1) is 0 Å². The fourth-order valence-corrected chi connectivity index (χ4v) is 1.35. The van der Waals surface area contributed by atoms with E-state index in [2.05, 4.69) is 0 Å². The largest absolute Gasteiger partial charge is 0.497 e. The number of ether oxygens (including phenoxy) is 3. The van der Waals surface area contributed by atoms with E-state index in [1.54, 1.807) is 26.2 Å². The van der Waals surface area contributed by atoms with Gasteiger partial charge in [0, 0.05) is 18.6 Å². The van der Waals surface area contributed by atoms with Crippen molar-refractivity contribution < 1.29 is 19.3 Å². The fraction of sp³-hybridized carbons (Fsp3) is 0.500. The number of rotatable bonds is 6. The lowest BCUT2D eigenvalue weighted by Crippen LogP contribution is -2.09. The van der Waals surface area contributed by atoms with Crippen molar-refractivity contribution in [3.8, 4) is 17.2 Å². The van der Waals surface area contributed by atoms with E-state index in [-0.39, 0.29) is 0 Å². The van der Waals surface area contributed by atoms with Crippen LogP contribution in [0.5, 0.6) is 17.2 Å². The highest BCUT2D eigenvalue weighted by Crippen LogP contribution is 2.37. The Balaban J connectivity index is 2.82. The number of nitrogens with two attached hydrogens (primary N) is 1. The molecule has 96 valence electrons. The maximum atomic E-state index is 9.15. The van der Waals surface area contributed by atoms with Crippen molar-refractivity contribution in [1.29, 1.82) is 0 Å².